The van der Waals surface area contributed by atoms with Gasteiger partial charge in [-0.05, 0) is 30.3 Å². The minimum atomic E-state index is -0.487. The van der Waals surface area contributed by atoms with Gasteiger partial charge < -0.3 is 10.1 Å². The molecule has 1 N–H and O–H groups in total. The first-order valence-electron chi connectivity index (χ1n) is 6.85. The fourth-order valence-electron chi connectivity index (χ4n) is 2.34. The number of carbonyl (C=O) groups is 2. The first-order valence-corrected chi connectivity index (χ1v) is 7.23. The number of nitrogens with one attached hydrogen (secondary N) is 1. The summed E-state index contributed by atoms with van der Waals surface area (Å²) in [6, 6.07) is 13.5. The zero-order chi connectivity index (χ0) is 16.4. The summed E-state index contributed by atoms with van der Waals surface area (Å²) >= 11 is 5.83. The molecule has 0 spiro atoms. The van der Waals surface area contributed by atoms with Gasteiger partial charge in [0.15, 0.2) is 0 Å². The van der Waals surface area contributed by atoms with Crippen molar-refractivity contribution in [3.05, 3.63) is 65.3 Å². The number of esters is 1. The van der Waals surface area contributed by atoms with E-state index in [0.717, 1.165) is 0 Å². The van der Waals surface area contributed by atoms with Crippen LogP contribution in [0.5, 0.6) is 0 Å². The molecular weight excluding hydrogens is 316 g/mol. The van der Waals surface area contributed by atoms with E-state index in [2.05, 4.69) is 5.32 Å². The number of fused-ring (bicyclic) bond motifs is 1. The summed E-state index contributed by atoms with van der Waals surface area (Å²) < 4.78 is 6.16. The first-order chi connectivity index (χ1) is 11.1. The number of methoxy groups -OCH3 is 1. The van der Waals surface area contributed by atoms with Crippen LogP contribution in [-0.4, -0.2) is 23.7 Å². The Morgan fingerprint density at radius 1 is 1.09 bits per heavy atom. The Balaban J connectivity index is 2.00. The van der Waals surface area contributed by atoms with Gasteiger partial charge >= 0.3 is 12.0 Å². The molecule has 0 aliphatic heterocycles. The van der Waals surface area contributed by atoms with Crippen molar-refractivity contribution in [3.63, 3.8) is 0 Å². The summed E-state index contributed by atoms with van der Waals surface area (Å²) in [5, 5.41) is 4.00. The molecule has 6 heteroatoms. The zero-order valence-electron chi connectivity index (χ0n) is 12.2. The van der Waals surface area contributed by atoms with Crippen LogP contribution >= 0.6 is 11.6 Å². The largest absolute Gasteiger partial charge is 0.465 e. The van der Waals surface area contributed by atoms with Gasteiger partial charge in [-0.1, -0.05) is 29.8 Å². The van der Waals surface area contributed by atoms with E-state index in [1.54, 1.807) is 48.5 Å². The molecule has 5 nitrogen and oxygen atoms in total. The third-order valence-corrected chi connectivity index (χ3v) is 3.68. The number of amides is 1. The third-order valence-electron chi connectivity index (χ3n) is 3.43. The van der Waals surface area contributed by atoms with Gasteiger partial charge in [0.2, 0.25) is 0 Å². The van der Waals surface area contributed by atoms with Crippen LogP contribution < -0.4 is 5.32 Å². The number of halogens is 1. The molecule has 1 aromatic heterocycles. The van der Waals surface area contributed by atoms with E-state index < -0.39 is 5.97 Å². The number of para-hydroxylation sites is 1. The number of benzene rings is 2. The molecule has 0 atom stereocenters. The lowest BCUT2D eigenvalue weighted by Gasteiger charge is -2.07. The quantitative estimate of drug-likeness (QED) is 0.718. The van der Waals surface area contributed by atoms with Crippen molar-refractivity contribution in [1.82, 2.24) is 4.57 Å². The van der Waals surface area contributed by atoms with Crippen molar-refractivity contribution in [3.8, 4) is 0 Å². The smallest absolute Gasteiger partial charge is 0.340 e. The van der Waals surface area contributed by atoms with Crippen molar-refractivity contribution in [2.75, 3.05) is 12.4 Å². The average molecular weight is 329 g/mol. The summed E-state index contributed by atoms with van der Waals surface area (Å²) in [6.07, 6.45) is 1.47. The molecule has 116 valence electrons. The van der Waals surface area contributed by atoms with E-state index in [1.807, 2.05) is 0 Å². The lowest BCUT2D eigenvalue weighted by Crippen LogP contribution is -2.18. The summed E-state index contributed by atoms with van der Waals surface area (Å²) in [5.41, 5.74) is 1.57. The van der Waals surface area contributed by atoms with Gasteiger partial charge in [0.05, 0.1) is 18.2 Å². The molecule has 0 bridgehead atoms. The third kappa shape index (κ3) is 2.91. The lowest BCUT2D eigenvalue weighted by molar-refractivity contribution is 0.0603. The molecule has 3 rings (SSSR count). The van der Waals surface area contributed by atoms with E-state index in [-0.39, 0.29) is 6.03 Å². The van der Waals surface area contributed by atoms with Crippen molar-refractivity contribution in [1.29, 1.82) is 0 Å². The number of hydrogen-bond acceptors (Lipinski definition) is 3. The predicted octanol–water partition coefficient (Wildman–Crippen LogP) is 4.16. The summed E-state index contributed by atoms with van der Waals surface area (Å²) in [6.45, 7) is 0. The van der Waals surface area contributed by atoms with Crippen LogP contribution in [0.1, 0.15) is 10.4 Å². The second-order valence-electron chi connectivity index (χ2n) is 4.86. The fraction of sp³-hybridized carbons (Fsp3) is 0.0588. The van der Waals surface area contributed by atoms with Crippen LogP contribution in [0.4, 0.5) is 10.5 Å². The molecular formula is C17H13ClN2O3. The summed E-state index contributed by atoms with van der Waals surface area (Å²) in [4.78, 5) is 24.4. The molecule has 1 amide bonds. The van der Waals surface area contributed by atoms with E-state index in [4.69, 9.17) is 16.3 Å². The Kier molecular flexibility index (Phi) is 4.04. The van der Waals surface area contributed by atoms with Crippen LogP contribution in [0, 0.1) is 0 Å². The second-order valence-corrected chi connectivity index (χ2v) is 5.29. The highest BCUT2D eigenvalue weighted by atomic mass is 35.5. The number of rotatable bonds is 2. The highest BCUT2D eigenvalue weighted by Gasteiger charge is 2.18. The normalized spacial score (nSPS) is 10.5. The SMILES string of the molecule is COC(=O)c1cn(C(=O)Nc2ccc(Cl)cc2)c2ccccc12. The Hall–Kier alpha value is -2.79. The number of nitrogens with zero attached hydrogens (tertiary/aromatic N) is 1. The standard InChI is InChI=1S/C17H13ClN2O3/c1-23-16(21)14-10-20(15-5-3-2-4-13(14)15)17(22)19-12-8-6-11(18)7-9-12/h2-10H,1H3,(H,19,22). The van der Waals surface area contributed by atoms with E-state index in [0.29, 0.717) is 27.2 Å². The molecule has 1 heterocycles. The van der Waals surface area contributed by atoms with Gasteiger partial charge in [-0.2, -0.15) is 0 Å². The maximum Gasteiger partial charge on any atom is 0.340 e. The van der Waals surface area contributed by atoms with Gasteiger partial charge in [0.25, 0.3) is 0 Å². The van der Waals surface area contributed by atoms with Crippen LogP contribution in [0.15, 0.2) is 54.7 Å². The first kappa shape index (κ1) is 15.1. The molecule has 0 saturated carbocycles. The fourth-order valence-corrected chi connectivity index (χ4v) is 2.46. The van der Waals surface area contributed by atoms with Gasteiger partial charge in [0.1, 0.15) is 0 Å². The summed E-state index contributed by atoms with van der Waals surface area (Å²) in [7, 11) is 1.31. The van der Waals surface area contributed by atoms with Crippen molar-refractivity contribution >= 4 is 40.2 Å². The van der Waals surface area contributed by atoms with Gasteiger partial charge in [-0.3, -0.25) is 4.57 Å². The number of carbonyl (C=O) groups excluding carboxylic acids is 2. The molecule has 0 fully saturated rings. The number of hydrogen-bond donors (Lipinski definition) is 1. The Bertz CT molecular complexity index is 884. The number of aromatic nitrogens is 1. The van der Waals surface area contributed by atoms with Gasteiger partial charge in [-0.15, -0.1) is 0 Å². The monoisotopic (exact) mass is 328 g/mol. The predicted molar refractivity (Wildman–Crippen MR) is 89.1 cm³/mol. The Morgan fingerprint density at radius 3 is 2.48 bits per heavy atom. The number of ether oxygens (including phenoxy) is 1. The average Bonchev–Trinajstić information content (AvgIpc) is 2.96. The maximum atomic E-state index is 12.5. The maximum absolute atomic E-state index is 12.5. The molecule has 0 saturated heterocycles. The zero-order valence-corrected chi connectivity index (χ0v) is 13.0. The highest BCUT2D eigenvalue weighted by Crippen LogP contribution is 2.23. The molecule has 23 heavy (non-hydrogen) atoms. The van der Waals surface area contributed by atoms with E-state index >= 15 is 0 Å². The molecule has 3 aromatic rings. The molecule has 2 aromatic carbocycles. The number of anilines is 1. The molecule has 0 aliphatic rings. The molecule has 0 aliphatic carbocycles. The van der Waals surface area contributed by atoms with Gasteiger partial charge in [-0.25, -0.2) is 9.59 Å². The second kappa shape index (κ2) is 6.14. The minimum absolute atomic E-state index is 0.342. The lowest BCUT2D eigenvalue weighted by atomic mass is 10.2. The van der Waals surface area contributed by atoms with Gasteiger partial charge in [0, 0.05) is 22.3 Å². The van der Waals surface area contributed by atoms with Crippen molar-refractivity contribution in [2.45, 2.75) is 0 Å². The van der Waals surface area contributed by atoms with Crippen molar-refractivity contribution < 1.29 is 14.3 Å². The van der Waals surface area contributed by atoms with Crippen LogP contribution in [0.3, 0.4) is 0 Å². The van der Waals surface area contributed by atoms with E-state index in [9.17, 15) is 9.59 Å². The Labute approximate surface area is 137 Å². The topological polar surface area (TPSA) is 60.3 Å². The molecule has 0 unspecified atom stereocenters. The summed E-state index contributed by atoms with van der Waals surface area (Å²) in [5.74, 6) is -0.487. The van der Waals surface area contributed by atoms with Crippen LogP contribution in [0.2, 0.25) is 5.02 Å². The van der Waals surface area contributed by atoms with Crippen molar-refractivity contribution in [2.24, 2.45) is 0 Å². The van der Waals surface area contributed by atoms with E-state index in [1.165, 1.54) is 17.9 Å². The van der Waals surface area contributed by atoms with Crippen LogP contribution in [0.25, 0.3) is 10.9 Å². The Morgan fingerprint density at radius 2 is 1.78 bits per heavy atom. The highest BCUT2D eigenvalue weighted by molar-refractivity contribution is 6.30. The van der Waals surface area contributed by atoms with Crippen LogP contribution in [-0.2, 0) is 4.74 Å². The minimum Gasteiger partial charge on any atom is -0.465 e. The molecule has 0 radical (unpaired) electrons.